The Kier molecular flexibility index (Phi) is 11.5. The van der Waals surface area contributed by atoms with Crippen LogP contribution in [0.4, 0.5) is 0 Å². The van der Waals surface area contributed by atoms with Crippen molar-refractivity contribution in [3.05, 3.63) is 120 Å². The Bertz CT molecular complexity index is 1160. The molecule has 0 N–H and O–H groups in total. The number of carbonyl (C=O) groups is 1. The van der Waals surface area contributed by atoms with Crippen LogP contribution in [0.5, 0.6) is 0 Å². The fourth-order valence-corrected chi connectivity index (χ4v) is 4.50. The van der Waals surface area contributed by atoms with Crippen LogP contribution in [0.2, 0.25) is 0 Å². The smallest absolute Gasteiger partial charge is 0.303 e. The first-order valence-corrected chi connectivity index (χ1v) is 13.6. The van der Waals surface area contributed by atoms with Crippen LogP contribution in [0.15, 0.2) is 104 Å². The van der Waals surface area contributed by atoms with Gasteiger partial charge < -0.3 is 28.4 Å². The van der Waals surface area contributed by atoms with Gasteiger partial charge >= 0.3 is 5.97 Å². The molecule has 0 aromatic heterocycles. The highest BCUT2D eigenvalue weighted by Crippen LogP contribution is 2.31. The average Bonchev–Trinajstić information content (AvgIpc) is 2.98. The van der Waals surface area contributed by atoms with Crippen LogP contribution in [-0.4, -0.2) is 49.4 Å². The van der Waals surface area contributed by atoms with E-state index in [2.05, 4.69) is 6.58 Å². The number of rotatable bonds is 14. The van der Waals surface area contributed by atoms with Crippen LogP contribution in [0.1, 0.15) is 30.5 Å². The molecule has 0 aliphatic carbocycles. The van der Waals surface area contributed by atoms with E-state index >= 15 is 0 Å². The lowest BCUT2D eigenvalue weighted by molar-refractivity contribution is -0.325. The molecular weight excluding hydrogens is 508 g/mol. The molecule has 4 rings (SSSR count). The largest absolute Gasteiger partial charge is 0.454 e. The summed E-state index contributed by atoms with van der Waals surface area (Å²) in [6.07, 6.45) is -2.38. The number of benzene rings is 3. The summed E-state index contributed by atoms with van der Waals surface area (Å²) in [5.74, 6) is -0.470. The summed E-state index contributed by atoms with van der Waals surface area (Å²) < 4.78 is 37.4. The molecule has 0 radical (unpaired) electrons. The molecule has 1 saturated heterocycles. The van der Waals surface area contributed by atoms with Crippen molar-refractivity contribution in [2.24, 2.45) is 0 Å². The Morgan fingerprint density at radius 2 is 1.30 bits per heavy atom. The first-order valence-electron chi connectivity index (χ1n) is 13.6. The van der Waals surface area contributed by atoms with E-state index in [0.29, 0.717) is 13.2 Å². The highest BCUT2D eigenvalue weighted by atomic mass is 16.7. The van der Waals surface area contributed by atoms with Crippen molar-refractivity contribution in [2.45, 2.75) is 70.5 Å². The summed E-state index contributed by atoms with van der Waals surface area (Å²) >= 11 is 0. The molecular formula is C33H38O7. The summed E-state index contributed by atoms with van der Waals surface area (Å²) in [6.45, 7) is 8.25. The molecule has 0 spiro atoms. The minimum absolute atomic E-state index is 0.217. The molecule has 6 atom stereocenters. The molecule has 0 bridgehead atoms. The monoisotopic (exact) mass is 546 g/mol. The van der Waals surface area contributed by atoms with Crippen LogP contribution < -0.4 is 0 Å². The van der Waals surface area contributed by atoms with Gasteiger partial charge in [0.1, 0.15) is 18.3 Å². The van der Waals surface area contributed by atoms with Crippen molar-refractivity contribution < 1.29 is 33.2 Å². The topological polar surface area (TPSA) is 72.5 Å². The minimum Gasteiger partial charge on any atom is -0.454 e. The zero-order valence-corrected chi connectivity index (χ0v) is 23.1. The summed E-state index contributed by atoms with van der Waals surface area (Å²) in [6, 6.07) is 29.6. The second-order valence-electron chi connectivity index (χ2n) is 9.72. The molecule has 0 saturated carbocycles. The van der Waals surface area contributed by atoms with Gasteiger partial charge in [0, 0.05) is 6.92 Å². The van der Waals surface area contributed by atoms with Crippen molar-refractivity contribution in [3.8, 4) is 0 Å². The van der Waals surface area contributed by atoms with E-state index in [1.54, 1.807) is 6.08 Å². The lowest BCUT2D eigenvalue weighted by atomic mass is 9.97. The Hall–Kier alpha value is -3.33. The van der Waals surface area contributed by atoms with Crippen LogP contribution >= 0.6 is 0 Å². The summed E-state index contributed by atoms with van der Waals surface area (Å²) in [7, 11) is 0. The standard InChI is InChI=1S/C33H38O7/c1-4-24(2)38-33-32(39-25(3)34)31(37-22-28-18-12-7-13-19-28)30(36-21-27-16-10-6-11-17-27)29(40-33)23-35-20-26-14-8-5-9-15-26/h4-19,24,29-33H,1,20-23H2,2-3H3/t24-,29+,30+,31-,32+,33+/m0/s1. The second-order valence-corrected chi connectivity index (χ2v) is 9.72. The first kappa shape index (κ1) is 29.6. The Labute approximate surface area is 236 Å². The van der Waals surface area contributed by atoms with Gasteiger partial charge in [0.15, 0.2) is 12.4 Å². The number of esters is 1. The van der Waals surface area contributed by atoms with Gasteiger partial charge in [0.05, 0.1) is 32.5 Å². The fraction of sp³-hybridized carbons (Fsp3) is 0.364. The summed E-state index contributed by atoms with van der Waals surface area (Å²) in [4.78, 5) is 12.3. The van der Waals surface area contributed by atoms with Gasteiger partial charge in [-0.1, -0.05) is 97.1 Å². The maximum Gasteiger partial charge on any atom is 0.303 e. The van der Waals surface area contributed by atoms with Crippen LogP contribution in [0.25, 0.3) is 0 Å². The first-order chi connectivity index (χ1) is 19.5. The maximum absolute atomic E-state index is 12.3. The van der Waals surface area contributed by atoms with Gasteiger partial charge in [-0.25, -0.2) is 0 Å². The Morgan fingerprint density at radius 3 is 1.80 bits per heavy atom. The third-order valence-electron chi connectivity index (χ3n) is 6.54. The van der Waals surface area contributed by atoms with E-state index in [4.69, 9.17) is 28.4 Å². The van der Waals surface area contributed by atoms with Gasteiger partial charge in [-0.2, -0.15) is 0 Å². The molecule has 7 heteroatoms. The van der Waals surface area contributed by atoms with Crippen molar-refractivity contribution in [3.63, 3.8) is 0 Å². The molecule has 40 heavy (non-hydrogen) atoms. The van der Waals surface area contributed by atoms with E-state index in [1.165, 1.54) is 6.92 Å². The van der Waals surface area contributed by atoms with Crippen LogP contribution in [0.3, 0.4) is 0 Å². The van der Waals surface area contributed by atoms with E-state index < -0.39 is 36.7 Å². The lowest BCUT2D eigenvalue weighted by Gasteiger charge is -2.45. The molecule has 3 aromatic carbocycles. The molecule has 1 aliphatic rings. The van der Waals surface area contributed by atoms with Gasteiger partial charge in [-0.3, -0.25) is 4.79 Å². The van der Waals surface area contributed by atoms with Crippen molar-refractivity contribution >= 4 is 5.97 Å². The van der Waals surface area contributed by atoms with Gasteiger partial charge in [0.25, 0.3) is 0 Å². The third kappa shape index (κ3) is 8.84. The molecule has 0 amide bonds. The van der Waals surface area contributed by atoms with E-state index in [0.717, 1.165) is 16.7 Å². The van der Waals surface area contributed by atoms with E-state index in [9.17, 15) is 4.79 Å². The lowest BCUT2D eigenvalue weighted by Crippen LogP contribution is -2.62. The highest BCUT2D eigenvalue weighted by Gasteiger charge is 2.50. The molecule has 1 aliphatic heterocycles. The molecule has 0 unspecified atom stereocenters. The van der Waals surface area contributed by atoms with Crippen molar-refractivity contribution in [2.75, 3.05) is 6.61 Å². The predicted molar refractivity (Wildman–Crippen MR) is 151 cm³/mol. The number of ether oxygens (including phenoxy) is 6. The molecule has 7 nitrogen and oxygen atoms in total. The normalized spacial score (nSPS) is 23.3. The van der Waals surface area contributed by atoms with Crippen molar-refractivity contribution in [1.82, 2.24) is 0 Å². The summed E-state index contributed by atoms with van der Waals surface area (Å²) in [5, 5.41) is 0. The number of carbonyl (C=O) groups excluding carboxylic acids is 1. The highest BCUT2D eigenvalue weighted by molar-refractivity contribution is 5.66. The van der Waals surface area contributed by atoms with E-state index in [1.807, 2.05) is 97.9 Å². The van der Waals surface area contributed by atoms with Gasteiger partial charge in [-0.15, -0.1) is 6.58 Å². The average molecular weight is 547 g/mol. The fourth-order valence-electron chi connectivity index (χ4n) is 4.50. The maximum atomic E-state index is 12.3. The zero-order valence-electron chi connectivity index (χ0n) is 23.1. The number of hydrogen-bond acceptors (Lipinski definition) is 7. The van der Waals surface area contributed by atoms with Crippen molar-refractivity contribution in [1.29, 1.82) is 0 Å². The minimum atomic E-state index is -0.917. The quantitative estimate of drug-likeness (QED) is 0.192. The summed E-state index contributed by atoms with van der Waals surface area (Å²) in [5.41, 5.74) is 3.02. The van der Waals surface area contributed by atoms with E-state index in [-0.39, 0.29) is 19.3 Å². The molecule has 1 fully saturated rings. The van der Waals surface area contributed by atoms with Gasteiger partial charge in [0.2, 0.25) is 0 Å². The van der Waals surface area contributed by atoms with Gasteiger partial charge in [-0.05, 0) is 23.6 Å². The molecule has 3 aromatic rings. The molecule has 1 heterocycles. The Balaban J connectivity index is 1.61. The third-order valence-corrected chi connectivity index (χ3v) is 6.54. The Morgan fingerprint density at radius 1 is 0.800 bits per heavy atom. The van der Waals surface area contributed by atoms with Crippen LogP contribution in [-0.2, 0) is 53.0 Å². The van der Waals surface area contributed by atoms with Crippen LogP contribution in [0, 0.1) is 0 Å². The SMILES string of the molecule is C=C[C@H](C)O[C@@H]1O[C@H](COCc2ccccc2)[C@@H](OCc2ccccc2)[C@H](OCc2ccccc2)[C@H]1OC(C)=O. The predicted octanol–water partition coefficient (Wildman–Crippen LogP) is 5.62. The molecule has 212 valence electrons. The second kappa shape index (κ2) is 15.5. The number of hydrogen-bond donors (Lipinski definition) is 0. The zero-order chi connectivity index (χ0) is 28.2.